The molecule has 0 radical (unpaired) electrons. The predicted molar refractivity (Wildman–Crippen MR) is 53.7 cm³/mol. The van der Waals surface area contributed by atoms with Crippen LogP contribution in [0.5, 0.6) is 0 Å². The third-order valence-electron chi connectivity index (χ3n) is 2.57. The Kier molecular flexibility index (Phi) is 3.75. The largest absolute Gasteiger partial charge is 0.413 e. The van der Waals surface area contributed by atoms with Crippen molar-refractivity contribution < 1.29 is 26.7 Å². The van der Waals surface area contributed by atoms with Crippen LogP contribution in [-0.2, 0) is 11.2 Å². The molecular formula is C11H10F5NO. The number of hydrogen-bond acceptors (Lipinski definition) is 2. The average molecular weight is 267 g/mol. The first-order valence-electron chi connectivity index (χ1n) is 4.89. The lowest BCUT2D eigenvalue weighted by Gasteiger charge is -2.26. The molecular weight excluding hydrogens is 257 g/mol. The van der Waals surface area contributed by atoms with Gasteiger partial charge in [0.1, 0.15) is 11.6 Å². The fourth-order valence-corrected chi connectivity index (χ4v) is 1.20. The first kappa shape index (κ1) is 14.6. The Morgan fingerprint density at radius 1 is 1.22 bits per heavy atom. The number of benzene rings is 1. The molecule has 1 aromatic carbocycles. The summed E-state index contributed by atoms with van der Waals surface area (Å²) in [6, 6.07) is 2.75. The summed E-state index contributed by atoms with van der Waals surface area (Å²) >= 11 is 0. The van der Waals surface area contributed by atoms with Gasteiger partial charge in [-0.2, -0.15) is 13.2 Å². The van der Waals surface area contributed by atoms with Crippen molar-refractivity contribution in [2.45, 2.75) is 25.1 Å². The van der Waals surface area contributed by atoms with Gasteiger partial charge in [0.05, 0.1) is 0 Å². The Labute approximate surface area is 99.6 Å². The topological polar surface area (TPSA) is 43.1 Å². The monoisotopic (exact) mass is 267 g/mol. The number of nitrogens with two attached hydrogens (primary N) is 1. The van der Waals surface area contributed by atoms with E-state index in [2.05, 4.69) is 0 Å². The highest BCUT2D eigenvalue weighted by molar-refractivity contribution is 5.90. The molecule has 0 bridgehead atoms. The molecule has 100 valence electrons. The highest BCUT2D eigenvalue weighted by Gasteiger charge is 2.53. The van der Waals surface area contributed by atoms with Crippen molar-refractivity contribution in [1.29, 1.82) is 0 Å². The van der Waals surface area contributed by atoms with Crippen LogP contribution in [0.2, 0.25) is 0 Å². The molecule has 0 heterocycles. The number of rotatable bonds is 3. The number of hydrogen-bond donors (Lipinski definition) is 1. The fourth-order valence-electron chi connectivity index (χ4n) is 1.20. The van der Waals surface area contributed by atoms with Gasteiger partial charge in [-0.3, -0.25) is 4.79 Å². The zero-order valence-electron chi connectivity index (χ0n) is 9.31. The van der Waals surface area contributed by atoms with Crippen LogP contribution >= 0.6 is 0 Å². The molecule has 18 heavy (non-hydrogen) atoms. The molecule has 1 aromatic rings. The normalized spacial score (nSPS) is 15.3. The van der Waals surface area contributed by atoms with E-state index in [4.69, 9.17) is 5.73 Å². The van der Waals surface area contributed by atoms with E-state index in [0.29, 0.717) is 6.92 Å². The maximum absolute atomic E-state index is 13.2. The highest BCUT2D eigenvalue weighted by atomic mass is 19.4. The number of alkyl halides is 3. The Morgan fingerprint density at radius 2 is 1.67 bits per heavy atom. The highest BCUT2D eigenvalue weighted by Crippen LogP contribution is 2.30. The molecule has 0 amide bonds. The second-order valence-electron chi connectivity index (χ2n) is 4.00. The second-order valence-corrected chi connectivity index (χ2v) is 4.00. The molecule has 0 saturated heterocycles. The zero-order chi connectivity index (χ0) is 14.1. The minimum atomic E-state index is -4.98. The number of halogens is 5. The van der Waals surface area contributed by atoms with Gasteiger partial charge in [0.2, 0.25) is 0 Å². The molecule has 0 fully saturated rings. The molecule has 1 unspecified atom stereocenters. The number of ketones is 1. The van der Waals surface area contributed by atoms with Crippen LogP contribution in [0.1, 0.15) is 12.5 Å². The first-order chi connectivity index (χ1) is 8.07. The molecule has 1 rings (SSSR count). The van der Waals surface area contributed by atoms with Crippen molar-refractivity contribution in [3.8, 4) is 0 Å². The van der Waals surface area contributed by atoms with Crippen LogP contribution in [0.4, 0.5) is 22.0 Å². The van der Waals surface area contributed by atoms with E-state index < -0.39 is 41.1 Å². The lowest BCUT2D eigenvalue weighted by Crippen LogP contribution is -2.57. The standard InChI is InChI=1S/C11H10F5NO/c1-10(17,11(14,15)16)9(18)5-6-7(12)3-2-4-8(6)13/h2-4H,5,17H2,1H3. The molecule has 1 atom stereocenters. The first-order valence-corrected chi connectivity index (χ1v) is 4.89. The van der Waals surface area contributed by atoms with Gasteiger partial charge in [-0.05, 0) is 19.1 Å². The molecule has 0 spiro atoms. The third kappa shape index (κ3) is 2.66. The van der Waals surface area contributed by atoms with Crippen molar-refractivity contribution in [3.05, 3.63) is 35.4 Å². The van der Waals surface area contributed by atoms with E-state index in [1.807, 2.05) is 0 Å². The Balaban J connectivity index is 3.03. The van der Waals surface area contributed by atoms with Crippen LogP contribution in [-0.4, -0.2) is 17.5 Å². The van der Waals surface area contributed by atoms with Crippen LogP contribution in [0.3, 0.4) is 0 Å². The summed E-state index contributed by atoms with van der Waals surface area (Å²) in [5.74, 6) is -3.67. The van der Waals surface area contributed by atoms with E-state index in [0.717, 1.165) is 18.2 Å². The summed E-state index contributed by atoms with van der Waals surface area (Å²) < 4.78 is 63.7. The van der Waals surface area contributed by atoms with Crippen molar-refractivity contribution in [3.63, 3.8) is 0 Å². The summed E-state index contributed by atoms with van der Waals surface area (Å²) in [6.45, 7) is 0.466. The molecule has 2 N–H and O–H groups in total. The Morgan fingerprint density at radius 3 is 2.06 bits per heavy atom. The zero-order valence-corrected chi connectivity index (χ0v) is 9.31. The van der Waals surface area contributed by atoms with E-state index in [-0.39, 0.29) is 0 Å². The number of Topliss-reactive ketones (excluding diaryl/α,β-unsaturated/α-hetero) is 1. The van der Waals surface area contributed by atoms with Crippen molar-refractivity contribution >= 4 is 5.78 Å². The van der Waals surface area contributed by atoms with Crippen LogP contribution < -0.4 is 5.73 Å². The minimum Gasteiger partial charge on any atom is -0.312 e. The van der Waals surface area contributed by atoms with Gasteiger partial charge in [0.15, 0.2) is 11.3 Å². The molecule has 0 saturated carbocycles. The van der Waals surface area contributed by atoms with Crippen molar-refractivity contribution in [2.24, 2.45) is 5.73 Å². The third-order valence-corrected chi connectivity index (χ3v) is 2.57. The molecule has 0 aliphatic heterocycles. The lowest BCUT2D eigenvalue weighted by molar-refractivity contribution is -0.185. The van der Waals surface area contributed by atoms with Gasteiger partial charge in [-0.15, -0.1) is 0 Å². The summed E-state index contributed by atoms with van der Waals surface area (Å²) in [7, 11) is 0. The van der Waals surface area contributed by atoms with Crippen LogP contribution in [0, 0.1) is 11.6 Å². The molecule has 0 aliphatic rings. The van der Waals surface area contributed by atoms with E-state index in [1.54, 1.807) is 0 Å². The second kappa shape index (κ2) is 4.64. The Hall–Kier alpha value is -1.50. The Bertz CT molecular complexity index is 447. The SMILES string of the molecule is CC(N)(C(=O)Cc1c(F)cccc1F)C(F)(F)F. The minimum absolute atomic E-state index is 0.466. The summed E-state index contributed by atoms with van der Waals surface area (Å²) in [5, 5.41) is 0. The van der Waals surface area contributed by atoms with Crippen LogP contribution in [0.25, 0.3) is 0 Å². The van der Waals surface area contributed by atoms with Crippen LogP contribution in [0.15, 0.2) is 18.2 Å². The average Bonchev–Trinajstić information content (AvgIpc) is 2.21. The van der Waals surface area contributed by atoms with Gasteiger partial charge < -0.3 is 5.73 Å². The fraction of sp³-hybridized carbons (Fsp3) is 0.364. The predicted octanol–water partition coefficient (Wildman–Crippen LogP) is 2.36. The molecule has 0 aliphatic carbocycles. The smallest absolute Gasteiger partial charge is 0.312 e. The van der Waals surface area contributed by atoms with Gasteiger partial charge in [0, 0.05) is 12.0 Å². The maximum Gasteiger partial charge on any atom is 0.413 e. The summed E-state index contributed by atoms with van der Waals surface area (Å²) in [5.41, 5.74) is 1.01. The molecule has 7 heteroatoms. The quantitative estimate of drug-likeness (QED) is 0.854. The van der Waals surface area contributed by atoms with Gasteiger partial charge in [0.25, 0.3) is 0 Å². The maximum atomic E-state index is 13.2. The van der Waals surface area contributed by atoms with Gasteiger partial charge >= 0.3 is 6.18 Å². The number of carbonyl (C=O) groups is 1. The molecule has 2 nitrogen and oxygen atoms in total. The number of carbonyl (C=O) groups excluding carboxylic acids is 1. The summed E-state index contributed by atoms with van der Waals surface area (Å²) in [4.78, 5) is 11.4. The van der Waals surface area contributed by atoms with Crippen molar-refractivity contribution in [2.75, 3.05) is 0 Å². The lowest BCUT2D eigenvalue weighted by atomic mass is 9.92. The van der Waals surface area contributed by atoms with E-state index in [9.17, 15) is 26.7 Å². The molecule has 0 aromatic heterocycles. The van der Waals surface area contributed by atoms with Gasteiger partial charge in [-0.25, -0.2) is 8.78 Å². The van der Waals surface area contributed by atoms with E-state index >= 15 is 0 Å². The van der Waals surface area contributed by atoms with Gasteiger partial charge in [-0.1, -0.05) is 6.07 Å². The van der Waals surface area contributed by atoms with E-state index in [1.165, 1.54) is 0 Å². The van der Waals surface area contributed by atoms with Crippen molar-refractivity contribution in [1.82, 2.24) is 0 Å². The summed E-state index contributed by atoms with van der Waals surface area (Å²) in [6.07, 6.45) is -6.03.